The molecule has 1 aromatic heterocycles. The van der Waals surface area contributed by atoms with Crippen LogP contribution in [0.15, 0.2) is 66.0 Å². The molecule has 0 aliphatic rings. The SMILES string of the molecule is O=C(CNc1ccccc1NC(=O)c1ccc(Cl)cc1)NC(=O)NCCc1cccs1. The fraction of sp³-hybridized carbons (Fsp3) is 0.136. The first-order valence-corrected chi connectivity index (χ1v) is 10.8. The molecule has 160 valence electrons. The minimum atomic E-state index is -0.548. The molecule has 0 saturated heterocycles. The third-order valence-electron chi connectivity index (χ3n) is 4.21. The van der Waals surface area contributed by atoms with Crippen LogP contribution in [0.25, 0.3) is 0 Å². The zero-order valence-electron chi connectivity index (χ0n) is 16.5. The highest BCUT2D eigenvalue weighted by molar-refractivity contribution is 7.09. The van der Waals surface area contributed by atoms with Gasteiger partial charge in [0.2, 0.25) is 5.91 Å². The molecule has 3 aromatic rings. The lowest BCUT2D eigenvalue weighted by Gasteiger charge is -2.13. The maximum absolute atomic E-state index is 12.4. The van der Waals surface area contributed by atoms with Gasteiger partial charge in [-0.25, -0.2) is 4.79 Å². The molecule has 0 bridgehead atoms. The topological polar surface area (TPSA) is 99.3 Å². The molecule has 7 nitrogen and oxygen atoms in total. The van der Waals surface area contributed by atoms with Crippen LogP contribution in [0.5, 0.6) is 0 Å². The molecular formula is C22H21ClN4O3S. The number of carbonyl (C=O) groups is 3. The number of para-hydroxylation sites is 2. The summed E-state index contributed by atoms with van der Waals surface area (Å²) in [5, 5.41) is 13.2. The number of thiophene rings is 1. The maximum atomic E-state index is 12.4. The Balaban J connectivity index is 1.47. The Hall–Kier alpha value is -3.36. The highest BCUT2D eigenvalue weighted by Gasteiger charge is 2.11. The smallest absolute Gasteiger partial charge is 0.321 e. The third kappa shape index (κ3) is 7.13. The average Bonchev–Trinajstić information content (AvgIpc) is 3.27. The van der Waals surface area contributed by atoms with Gasteiger partial charge in [0.05, 0.1) is 17.9 Å². The summed E-state index contributed by atoms with van der Waals surface area (Å²) < 4.78 is 0. The van der Waals surface area contributed by atoms with E-state index in [1.807, 2.05) is 17.5 Å². The molecule has 1 heterocycles. The van der Waals surface area contributed by atoms with E-state index in [2.05, 4.69) is 21.3 Å². The molecule has 9 heteroatoms. The lowest BCUT2D eigenvalue weighted by atomic mass is 10.2. The Morgan fingerprint density at radius 3 is 2.35 bits per heavy atom. The summed E-state index contributed by atoms with van der Waals surface area (Å²) in [6.07, 6.45) is 0.707. The van der Waals surface area contributed by atoms with Gasteiger partial charge in [0.15, 0.2) is 0 Å². The molecular weight excluding hydrogens is 436 g/mol. The molecule has 0 unspecified atom stereocenters. The van der Waals surface area contributed by atoms with Gasteiger partial charge in [0, 0.05) is 22.0 Å². The minimum Gasteiger partial charge on any atom is -0.374 e. The van der Waals surface area contributed by atoms with Crippen LogP contribution in [-0.4, -0.2) is 30.9 Å². The number of hydrogen-bond donors (Lipinski definition) is 4. The molecule has 0 atom stereocenters. The van der Waals surface area contributed by atoms with Crippen LogP contribution < -0.4 is 21.3 Å². The predicted octanol–water partition coefficient (Wildman–Crippen LogP) is 4.13. The number of amides is 4. The lowest BCUT2D eigenvalue weighted by Crippen LogP contribution is -2.42. The Morgan fingerprint density at radius 2 is 1.65 bits per heavy atom. The largest absolute Gasteiger partial charge is 0.374 e. The summed E-state index contributed by atoms with van der Waals surface area (Å²) >= 11 is 7.47. The molecule has 31 heavy (non-hydrogen) atoms. The van der Waals surface area contributed by atoms with E-state index in [0.29, 0.717) is 34.9 Å². The van der Waals surface area contributed by atoms with Crippen LogP contribution >= 0.6 is 22.9 Å². The van der Waals surface area contributed by atoms with E-state index in [1.165, 1.54) is 0 Å². The zero-order valence-corrected chi connectivity index (χ0v) is 18.1. The van der Waals surface area contributed by atoms with Crippen molar-refractivity contribution >= 4 is 52.2 Å². The monoisotopic (exact) mass is 456 g/mol. The van der Waals surface area contributed by atoms with Gasteiger partial charge >= 0.3 is 6.03 Å². The second-order valence-electron chi connectivity index (χ2n) is 6.49. The van der Waals surface area contributed by atoms with Gasteiger partial charge in [-0.15, -0.1) is 11.3 Å². The van der Waals surface area contributed by atoms with Crippen LogP contribution in [-0.2, 0) is 11.2 Å². The van der Waals surface area contributed by atoms with Gasteiger partial charge in [-0.1, -0.05) is 29.8 Å². The molecule has 0 aliphatic heterocycles. The Bertz CT molecular complexity index is 1040. The first kappa shape index (κ1) is 22.3. The van der Waals surface area contributed by atoms with Gasteiger partial charge in [0.1, 0.15) is 0 Å². The van der Waals surface area contributed by atoms with Crippen molar-refractivity contribution < 1.29 is 14.4 Å². The third-order valence-corrected chi connectivity index (χ3v) is 5.40. The van der Waals surface area contributed by atoms with Crippen LogP contribution in [0.1, 0.15) is 15.2 Å². The van der Waals surface area contributed by atoms with Crippen molar-refractivity contribution in [1.29, 1.82) is 0 Å². The Kier molecular flexibility index (Phi) is 8.03. The lowest BCUT2D eigenvalue weighted by molar-refractivity contribution is -0.118. The normalized spacial score (nSPS) is 10.2. The van der Waals surface area contributed by atoms with Crippen LogP contribution in [0.2, 0.25) is 5.02 Å². The quantitative estimate of drug-likeness (QED) is 0.409. The van der Waals surface area contributed by atoms with Crippen molar-refractivity contribution in [2.75, 3.05) is 23.7 Å². The Labute approximate surface area is 188 Å². The van der Waals surface area contributed by atoms with Crippen molar-refractivity contribution in [2.24, 2.45) is 0 Å². The standard InChI is InChI=1S/C22H21ClN4O3S/c23-16-9-7-15(8-10-16)21(29)26-19-6-2-1-5-18(19)25-14-20(28)27-22(30)24-12-11-17-4-3-13-31-17/h1-10,13,25H,11-12,14H2,(H,26,29)(H2,24,27,28,30). The molecule has 4 N–H and O–H groups in total. The van der Waals surface area contributed by atoms with E-state index in [9.17, 15) is 14.4 Å². The first-order chi connectivity index (χ1) is 15.0. The summed E-state index contributed by atoms with van der Waals surface area (Å²) in [6, 6.07) is 16.9. The fourth-order valence-electron chi connectivity index (χ4n) is 2.69. The van der Waals surface area contributed by atoms with E-state index in [1.54, 1.807) is 59.9 Å². The van der Waals surface area contributed by atoms with Gasteiger partial charge < -0.3 is 16.0 Å². The zero-order chi connectivity index (χ0) is 22.1. The van der Waals surface area contributed by atoms with Crippen molar-refractivity contribution in [2.45, 2.75) is 6.42 Å². The van der Waals surface area contributed by atoms with Crippen LogP contribution in [0, 0.1) is 0 Å². The number of carbonyl (C=O) groups excluding carboxylic acids is 3. The second kappa shape index (κ2) is 11.1. The van der Waals surface area contributed by atoms with E-state index in [-0.39, 0.29) is 12.5 Å². The molecule has 0 fully saturated rings. The van der Waals surface area contributed by atoms with Crippen LogP contribution in [0.4, 0.5) is 16.2 Å². The fourth-order valence-corrected chi connectivity index (χ4v) is 3.52. The number of nitrogens with one attached hydrogen (secondary N) is 4. The summed E-state index contributed by atoms with van der Waals surface area (Å²) in [4.78, 5) is 37.5. The maximum Gasteiger partial charge on any atom is 0.321 e. The molecule has 3 rings (SSSR count). The van der Waals surface area contributed by atoms with Crippen molar-refractivity contribution in [3.05, 3.63) is 81.5 Å². The van der Waals surface area contributed by atoms with Gasteiger partial charge in [-0.05, 0) is 54.3 Å². The number of hydrogen-bond acceptors (Lipinski definition) is 5. The van der Waals surface area contributed by atoms with E-state index >= 15 is 0 Å². The summed E-state index contributed by atoms with van der Waals surface area (Å²) in [6.45, 7) is 0.304. The second-order valence-corrected chi connectivity index (χ2v) is 7.96. The number of benzene rings is 2. The van der Waals surface area contributed by atoms with Gasteiger partial charge in [0.25, 0.3) is 5.91 Å². The number of anilines is 2. The van der Waals surface area contributed by atoms with E-state index in [4.69, 9.17) is 11.6 Å². The minimum absolute atomic E-state index is 0.133. The molecule has 0 aliphatic carbocycles. The number of rotatable bonds is 8. The summed E-state index contributed by atoms with van der Waals surface area (Å²) in [7, 11) is 0. The molecule has 0 spiro atoms. The number of halogens is 1. The Morgan fingerprint density at radius 1 is 0.903 bits per heavy atom. The van der Waals surface area contributed by atoms with Gasteiger partial charge in [-0.2, -0.15) is 0 Å². The predicted molar refractivity (Wildman–Crippen MR) is 124 cm³/mol. The van der Waals surface area contributed by atoms with Crippen LogP contribution in [0.3, 0.4) is 0 Å². The summed E-state index contributed by atoms with van der Waals surface area (Å²) in [5.41, 5.74) is 1.52. The van der Waals surface area contributed by atoms with Crippen molar-refractivity contribution in [3.8, 4) is 0 Å². The molecule has 2 aromatic carbocycles. The molecule has 4 amide bonds. The molecule has 0 radical (unpaired) electrons. The highest BCUT2D eigenvalue weighted by Crippen LogP contribution is 2.22. The number of urea groups is 1. The first-order valence-electron chi connectivity index (χ1n) is 9.51. The van der Waals surface area contributed by atoms with Crippen molar-refractivity contribution in [3.63, 3.8) is 0 Å². The molecule has 0 saturated carbocycles. The van der Waals surface area contributed by atoms with Gasteiger partial charge in [-0.3, -0.25) is 14.9 Å². The highest BCUT2D eigenvalue weighted by atomic mass is 35.5. The van der Waals surface area contributed by atoms with Crippen molar-refractivity contribution in [1.82, 2.24) is 10.6 Å². The van der Waals surface area contributed by atoms with E-state index in [0.717, 1.165) is 4.88 Å². The average molecular weight is 457 g/mol. The number of imide groups is 1. The van der Waals surface area contributed by atoms with E-state index < -0.39 is 11.9 Å². The summed E-state index contributed by atoms with van der Waals surface area (Å²) in [5.74, 6) is -0.798.